The molecule has 0 aliphatic carbocycles. The summed E-state index contributed by atoms with van der Waals surface area (Å²) >= 11 is 0. The van der Waals surface area contributed by atoms with E-state index in [0.717, 1.165) is 0 Å². The number of carbonyl (C=O) groups is 2. The van der Waals surface area contributed by atoms with E-state index in [2.05, 4.69) is 0 Å². The van der Waals surface area contributed by atoms with Gasteiger partial charge in [-0.1, -0.05) is 48.5 Å². The number of ether oxygens (including phenoxy) is 9. The average molecular weight is 851 g/mol. The number of cyclic esters (lactones) is 1. The fourth-order valence-electron chi connectivity index (χ4n) is 9.68. The Kier molecular flexibility index (Phi) is 16.5. The Balaban J connectivity index is 1.81. The summed E-state index contributed by atoms with van der Waals surface area (Å²) in [7, 11) is 2.88. The Morgan fingerprint density at radius 3 is 2.02 bits per heavy atom. The van der Waals surface area contributed by atoms with E-state index in [-0.39, 0.29) is 19.4 Å². The maximum absolute atomic E-state index is 14.6. The molecule has 17 nitrogen and oxygen atoms in total. The van der Waals surface area contributed by atoms with Crippen LogP contribution in [0.25, 0.3) is 0 Å². The molecule has 2 bridgehead atoms. The molecule has 4 heterocycles. The molecule has 4 saturated heterocycles. The van der Waals surface area contributed by atoms with Crippen LogP contribution < -0.4 is 0 Å². The second-order valence-electron chi connectivity index (χ2n) is 18.8. The van der Waals surface area contributed by atoms with Crippen molar-refractivity contribution in [1.82, 2.24) is 0 Å². The Bertz CT molecular complexity index is 1390. The predicted molar refractivity (Wildman–Crippen MR) is 209 cm³/mol. The molecule has 0 unspecified atom stereocenters. The molecule has 4 rings (SSSR count). The van der Waals surface area contributed by atoms with Crippen LogP contribution in [-0.2, 0) is 52.2 Å². The fourth-order valence-corrected chi connectivity index (χ4v) is 9.68. The van der Waals surface area contributed by atoms with E-state index in [1.165, 1.54) is 28.1 Å². The van der Waals surface area contributed by atoms with Gasteiger partial charge in [0.05, 0.1) is 48.5 Å². The smallest absolute Gasteiger partial charge is 0.335 e. The van der Waals surface area contributed by atoms with Gasteiger partial charge in [-0.15, -0.1) is 0 Å². The van der Waals surface area contributed by atoms with E-state index in [4.69, 9.17) is 42.6 Å². The first-order valence-electron chi connectivity index (χ1n) is 21.2. The zero-order valence-corrected chi connectivity index (χ0v) is 37.3. The quantitative estimate of drug-likeness (QED) is 0.162. The SMILES string of the molecule is CO[C@@H]1[C@@H](OC[C@H](C)[C@H]2OC(=O)[C@H](C)[C@@H](O[C@@H]3C[C@](C)(O)[C@@H](O)[C@H](C)O3)[C@H](C)[C@H]3O[C@@](O)([C@H](C)[C@@H](OC(=O)[C@H](O)C(C)C)[C@H]2C)[C@@](C)(O)C[C@@H]3C)O[C@@H](C)[C@@H](O)[C@@H]1OC. The van der Waals surface area contributed by atoms with E-state index in [1.54, 1.807) is 62.3 Å². The fraction of sp³-hybridized carbons (Fsp3) is 0.952. The summed E-state index contributed by atoms with van der Waals surface area (Å²) in [6.07, 6.45) is -13.2. The standard InChI is InChI=1S/C42H74O17/c1-18(2)28(43)38(47)58-33-21(5)30(20(4)17-53-39-35(52-14)34(51-13)29(44)25(9)55-39)57-37(46)23(7)32(56-27-16-40(11,48)36(45)26(10)54-27)22(6)31-19(3)15-41(12,49)42(50,59-31)24(33)8/h18-36,39,43-45,48-50H,15-17H2,1-14H3/t19-,20-,21-,22+,23+,24+,25-,26-,27+,28+,29+,30+,31-,32-,33-,34-,35-,36-,39-,40-,41-,42-/m0/s1. The summed E-state index contributed by atoms with van der Waals surface area (Å²) in [5, 5.41) is 68.0. The van der Waals surface area contributed by atoms with Crippen LogP contribution in [0.2, 0.25) is 0 Å². The van der Waals surface area contributed by atoms with Crippen molar-refractivity contribution >= 4 is 11.9 Å². The lowest BCUT2D eigenvalue weighted by molar-refractivity contribution is -0.387. The van der Waals surface area contributed by atoms with Crippen molar-refractivity contribution in [3.05, 3.63) is 0 Å². The first-order chi connectivity index (χ1) is 27.2. The van der Waals surface area contributed by atoms with Gasteiger partial charge < -0.3 is 73.3 Å². The molecule has 0 saturated carbocycles. The minimum atomic E-state index is -2.36. The number of rotatable bonds is 11. The summed E-state index contributed by atoms with van der Waals surface area (Å²) in [6, 6.07) is 0. The number of hydrogen-bond acceptors (Lipinski definition) is 17. The summed E-state index contributed by atoms with van der Waals surface area (Å²) in [4.78, 5) is 28.2. The van der Waals surface area contributed by atoms with Crippen LogP contribution in [-0.4, -0.2) is 160 Å². The van der Waals surface area contributed by atoms with Gasteiger partial charge in [-0.05, 0) is 52.9 Å². The largest absolute Gasteiger partial charge is 0.461 e. The highest BCUT2D eigenvalue weighted by Gasteiger charge is 2.62. The van der Waals surface area contributed by atoms with Crippen molar-refractivity contribution in [3.63, 3.8) is 0 Å². The van der Waals surface area contributed by atoms with E-state index >= 15 is 0 Å². The molecule has 4 aliphatic rings. The van der Waals surface area contributed by atoms with Gasteiger partial charge in [0, 0.05) is 38.4 Å². The number of carbonyl (C=O) groups excluding carboxylic acids is 2. The maximum Gasteiger partial charge on any atom is 0.335 e. The van der Waals surface area contributed by atoms with Gasteiger partial charge in [-0.2, -0.15) is 0 Å². The number of aliphatic hydroxyl groups excluding tert-OH is 3. The van der Waals surface area contributed by atoms with Crippen LogP contribution in [0.5, 0.6) is 0 Å². The van der Waals surface area contributed by atoms with Gasteiger partial charge in [0.1, 0.15) is 42.2 Å². The van der Waals surface area contributed by atoms with E-state index in [9.17, 15) is 40.2 Å². The third-order valence-corrected chi connectivity index (χ3v) is 13.5. The van der Waals surface area contributed by atoms with Crippen LogP contribution in [0.1, 0.15) is 95.9 Å². The lowest BCUT2D eigenvalue weighted by atomic mass is 9.68. The molecule has 0 aromatic carbocycles. The highest BCUT2D eigenvalue weighted by Crippen LogP contribution is 2.49. The zero-order valence-electron chi connectivity index (χ0n) is 37.3. The second-order valence-corrected chi connectivity index (χ2v) is 18.8. The van der Waals surface area contributed by atoms with Crippen LogP contribution in [0.4, 0.5) is 0 Å². The average Bonchev–Trinajstić information content (AvgIpc) is 3.16. The Labute approximate surface area is 349 Å². The molecule has 0 radical (unpaired) electrons. The topological polar surface area (TPSA) is 239 Å². The molecule has 4 aliphatic heterocycles. The molecule has 0 aromatic heterocycles. The molecule has 59 heavy (non-hydrogen) atoms. The zero-order chi connectivity index (χ0) is 44.7. The molecular weight excluding hydrogens is 776 g/mol. The lowest BCUT2D eigenvalue weighted by Crippen LogP contribution is -2.69. The molecule has 22 atom stereocenters. The lowest BCUT2D eigenvalue weighted by Gasteiger charge is -2.56. The highest BCUT2D eigenvalue weighted by atomic mass is 16.7. The Morgan fingerprint density at radius 2 is 1.46 bits per heavy atom. The number of fused-ring (bicyclic) bond motifs is 2. The van der Waals surface area contributed by atoms with Gasteiger partial charge >= 0.3 is 11.9 Å². The Hall–Kier alpha value is -1.58. The third-order valence-electron chi connectivity index (χ3n) is 13.5. The summed E-state index contributed by atoms with van der Waals surface area (Å²) in [5.74, 6) is -9.45. The van der Waals surface area contributed by atoms with Crippen molar-refractivity contribution in [1.29, 1.82) is 0 Å². The van der Waals surface area contributed by atoms with Crippen molar-refractivity contribution < 1.29 is 82.9 Å². The first-order valence-corrected chi connectivity index (χ1v) is 21.2. The Morgan fingerprint density at radius 1 is 0.847 bits per heavy atom. The van der Waals surface area contributed by atoms with Gasteiger partial charge in [-0.25, -0.2) is 4.79 Å². The molecular formula is C42H74O17. The number of esters is 2. The molecule has 0 spiro atoms. The predicted octanol–water partition coefficient (Wildman–Crippen LogP) is 1.67. The highest BCUT2D eigenvalue weighted by molar-refractivity contribution is 5.75. The molecule has 0 aromatic rings. The molecule has 17 heteroatoms. The van der Waals surface area contributed by atoms with Gasteiger partial charge in [-0.3, -0.25) is 4.79 Å². The van der Waals surface area contributed by atoms with E-state index in [0.29, 0.717) is 0 Å². The normalized spacial score (nSPS) is 48.6. The van der Waals surface area contributed by atoms with Gasteiger partial charge in [0.2, 0.25) is 5.79 Å². The van der Waals surface area contributed by atoms with Gasteiger partial charge in [0.25, 0.3) is 0 Å². The van der Waals surface area contributed by atoms with E-state index < -0.39 is 150 Å². The number of methoxy groups -OCH3 is 2. The minimum Gasteiger partial charge on any atom is -0.461 e. The second kappa shape index (κ2) is 19.4. The molecule has 4 fully saturated rings. The van der Waals surface area contributed by atoms with Crippen LogP contribution in [0.3, 0.4) is 0 Å². The first kappa shape index (κ1) is 50.1. The monoisotopic (exact) mass is 850 g/mol. The minimum absolute atomic E-state index is 0.0429. The number of aliphatic hydroxyl groups is 6. The van der Waals surface area contributed by atoms with Crippen molar-refractivity contribution in [2.45, 2.75) is 193 Å². The van der Waals surface area contributed by atoms with Crippen LogP contribution in [0.15, 0.2) is 0 Å². The van der Waals surface area contributed by atoms with Gasteiger partial charge in [0.15, 0.2) is 18.7 Å². The third kappa shape index (κ3) is 10.3. The summed E-state index contributed by atoms with van der Waals surface area (Å²) < 4.78 is 55.1. The summed E-state index contributed by atoms with van der Waals surface area (Å²) in [6.45, 7) is 19.7. The van der Waals surface area contributed by atoms with E-state index in [1.807, 2.05) is 6.92 Å². The van der Waals surface area contributed by atoms with Crippen LogP contribution in [0, 0.1) is 41.4 Å². The molecule has 6 N–H and O–H groups in total. The van der Waals surface area contributed by atoms with Crippen LogP contribution >= 0.6 is 0 Å². The number of hydrogen-bond donors (Lipinski definition) is 6. The summed E-state index contributed by atoms with van der Waals surface area (Å²) in [5.41, 5.74) is -3.46. The molecule has 344 valence electrons. The van der Waals surface area contributed by atoms with Crippen molar-refractivity contribution in [2.24, 2.45) is 41.4 Å². The van der Waals surface area contributed by atoms with Crippen molar-refractivity contribution in [3.8, 4) is 0 Å². The molecule has 0 amide bonds. The maximum atomic E-state index is 14.6. The van der Waals surface area contributed by atoms with Crippen molar-refractivity contribution in [2.75, 3.05) is 20.8 Å².